The average Bonchev–Trinajstić information content (AvgIpc) is 2.44. The number of pyridine rings is 1. The Labute approximate surface area is 107 Å². The maximum absolute atomic E-state index is 13.3. The number of hydrogen-bond donors (Lipinski definition) is 1. The smallest absolute Gasteiger partial charge is 0.274 e. The van der Waals surface area contributed by atoms with E-state index in [9.17, 15) is 13.6 Å². The third-order valence-corrected chi connectivity index (χ3v) is 2.33. The Bertz CT molecular complexity index is 663. The first-order valence-electron chi connectivity index (χ1n) is 5.23. The molecule has 94 valence electrons. The molecule has 19 heavy (non-hydrogen) atoms. The highest BCUT2D eigenvalue weighted by molar-refractivity contribution is 6.02. The fourth-order valence-electron chi connectivity index (χ4n) is 1.38. The Morgan fingerprint density at radius 2 is 2.05 bits per heavy atom. The van der Waals surface area contributed by atoms with Crippen molar-refractivity contribution in [2.45, 2.75) is 0 Å². The van der Waals surface area contributed by atoms with Gasteiger partial charge in [-0.25, -0.2) is 13.8 Å². The Balaban J connectivity index is 2.21. The predicted molar refractivity (Wildman–Crippen MR) is 63.3 cm³/mol. The van der Waals surface area contributed by atoms with Gasteiger partial charge in [0.25, 0.3) is 5.91 Å². The largest absolute Gasteiger partial charge is 0.318 e. The van der Waals surface area contributed by atoms with Crippen molar-refractivity contribution in [3.8, 4) is 6.07 Å². The summed E-state index contributed by atoms with van der Waals surface area (Å²) in [6.45, 7) is 0. The Morgan fingerprint density at radius 3 is 2.68 bits per heavy atom. The minimum Gasteiger partial charge on any atom is -0.318 e. The van der Waals surface area contributed by atoms with Crippen LogP contribution in [0.25, 0.3) is 0 Å². The van der Waals surface area contributed by atoms with E-state index >= 15 is 0 Å². The topological polar surface area (TPSA) is 65.8 Å². The molecule has 0 fully saturated rings. The van der Waals surface area contributed by atoms with Crippen LogP contribution >= 0.6 is 0 Å². The number of benzene rings is 1. The number of aromatic nitrogens is 1. The quantitative estimate of drug-likeness (QED) is 0.901. The highest BCUT2D eigenvalue weighted by Crippen LogP contribution is 2.17. The molecule has 4 nitrogen and oxygen atoms in total. The lowest BCUT2D eigenvalue weighted by molar-refractivity contribution is 0.102. The van der Waals surface area contributed by atoms with E-state index in [1.807, 2.05) is 6.07 Å². The summed E-state index contributed by atoms with van der Waals surface area (Å²) in [5.41, 5.74) is 0.0345. The third-order valence-electron chi connectivity index (χ3n) is 2.33. The van der Waals surface area contributed by atoms with E-state index in [2.05, 4.69) is 10.3 Å². The second-order valence-electron chi connectivity index (χ2n) is 3.60. The van der Waals surface area contributed by atoms with Crippen molar-refractivity contribution >= 4 is 11.6 Å². The van der Waals surface area contributed by atoms with Crippen LogP contribution in [-0.2, 0) is 0 Å². The Kier molecular flexibility index (Phi) is 3.48. The van der Waals surface area contributed by atoms with Crippen molar-refractivity contribution in [1.29, 1.82) is 5.26 Å². The molecular weight excluding hydrogens is 252 g/mol. The van der Waals surface area contributed by atoms with Gasteiger partial charge in [-0.2, -0.15) is 5.26 Å². The summed E-state index contributed by atoms with van der Waals surface area (Å²) < 4.78 is 26.3. The molecule has 2 rings (SSSR count). The predicted octanol–water partition coefficient (Wildman–Crippen LogP) is 2.48. The number of anilines is 1. The van der Waals surface area contributed by atoms with E-state index in [0.717, 1.165) is 6.07 Å². The van der Waals surface area contributed by atoms with Crippen LogP contribution in [0.4, 0.5) is 14.5 Å². The molecule has 0 aliphatic heterocycles. The van der Waals surface area contributed by atoms with Gasteiger partial charge in [-0.3, -0.25) is 4.79 Å². The van der Waals surface area contributed by atoms with Crippen molar-refractivity contribution in [2.24, 2.45) is 0 Å². The number of carbonyl (C=O) groups is 1. The van der Waals surface area contributed by atoms with E-state index in [1.54, 1.807) is 0 Å². The van der Waals surface area contributed by atoms with Crippen LogP contribution in [0.1, 0.15) is 16.1 Å². The van der Waals surface area contributed by atoms with Crippen molar-refractivity contribution in [2.75, 3.05) is 5.32 Å². The van der Waals surface area contributed by atoms with Crippen molar-refractivity contribution in [3.63, 3.8) is 0 Å². The number of nitriles is 1. The molecule has 0 saturated carbocycles. The van der Waals surface area contributed by atoms with Gasteiger partial charge >= 0.3 is 0 Å². The van der Waals surface area contributed by atoms with Gasteiger partial charge in [-0.15, -0.1) is 0 Å². The number of carbonyl (C=O) groups excluding carboxylic acids is 1. The maximum Gasteiger partial charge on any atom is 0.274 e. The van der Waals surface area contributed by atoms with Gasteiger partial charge < -0.3 is 5.32 Å². The summed E-state index contributed by atoms with van der Waals surface area (Å²) >= 11 is 0. The number of nitrogens with zero attached hydrogens (tertiary/aromatic N) is 2. The summed E-state index contributed by atoms with van der Waals surface area (Å²) in [7, 11) is 0. The SMILES string of the molecule is N#Cc1ccc(C(=O)Nc2cccc(F)c2F)nc1. The van der Waals surface area contributed by atoms with E-state index in [4.69, 9.17) is 5.26 Å². The number of amides is 1. The molecule has 1 amide bonds. The lowest BCUT2D eigenvalue weighted by atomic mass is 10.2. The number of nitrogens with one attached hydrogen (secondary N) is 1. The van der Waals surface area contributed by atoms with E-state index in [1.165, 1.54) is 30.5 Å². The zero-order chi connectivity index (χ0) is 13.8. The van der Waals surface area contributed by atoms with Crippen molar-refractivity contribution in [1.82, 2.24) is 4.98 Å². The molecule has 0 radical (unpaired) electrons. The second kappa shape index (κ2) is 5.23. The molecule has 0 aliphatic rings. The normalized spacial score (nSPS) is 9.74. The molecule has 0 atom stereocenters. The molecule has 0 unspecified atom stereocenters. The van der Waals surface area contributed by atoms with Crippen LogP contribution < -0.4 is 5.32 Å². The van der Waals surface area contributed by atoms with Gasteiger partial charge in [0.15, 0.2) is 11.6 Å². The summed E-state index contributed by atoms with van der Waals surface area (Å²) in [5.74, 6) is -2.87. The van der Waals surface area contributed by atoms with Gasteiger partial charge in [0.2, 0.25) is 0 Å². The molecule has 0 bridgehead atoms. The summed E-state index contributed by atoms with van der Waals surface area (Å²) in [6.07, 6.45) is 1.22. The molecule has 1 N–H and O–H groups in total. The molecule has 1 heterocycles. The molecule has 2 aromatic rings. The lowest BCUT2D eigenvalue weighted by Crippen LogP contribution is -2.15. The summed E-state index contributed by atoms with van der Waals surface area (Å²) in [6, 6.07) is 8.05. The zero-order valence-electron chi connectivity index (χ0n) is 9.52. The van der Waals surface area contributed by atoms with Gasteiger partial charge in [-0.05, 0) is 24.3 Å². The van der Waals surface area contributed by atoms with Gasteiger partial charge in [-0.1, -0.05) is 6.07 Å². The molecule has 0 spiro atoms. The van der Waals surface area contributed by atoms with Crippen LogP contribution in [0.5, 0.6) is 0 Å². The minimum atomic E-state index is -1.13. The van der Waals surface area contributed by atoms with Crippen LogP contribution in [0.2, 0.25) is 0 Å². The molecule has 6 heteroatoms. The van der Waals surface area contributed by atoms with Gasteiger partial charge in [0.1, 0.15) is 11.8 Å². The maximum atomic E-state index is 13.3. The van der Waals surface area contributed by atoms with Gasteiger partial charge in [0, 0.05) is 6.20 Å². The van der Waals surface area contributed by atoms with E-state index < -0.39 is 17.5 Å². The standard InChI is InChI=1S/C13H7F2N3O/c14-9-2-1-3-10(12(9)15)18-13(19)11-5-4-8(6-16)7-17-11/h1-5,7H,(H,18,19). The highest BCUT2D eigenvalue weighted by atomic mass is 19.2. The molecule has 0 saturated heterocycles. The van der Waals surface area contributed by atoms with Crippen LogP contribution in [0, 0.1) is 23.0 Å². The Morgan fingerprint density at radius 1 is 1.26 bits per heavy atom. The summed E-state index contributed by atoms with van der Waals surface area (Å²) in [5, 5.41) is 10.8. The van der Waals surface area contributed by atoms with Crippen LogP contribution in [0.3, 0.4) is 0 Å². The number of rotatable bonds is 2. The molecular formula is C13H7F2N3O. The van der Waals surface area contributed by atoms with Crippen LogP contribution in [0.15, 0.2) is 36.5 Å². The minimum absolute atomic E-state index is 0.00246. The Hall–Kier alpha value is -2.81. The second-order valence-corrected chi connectivity index (χ2v) is 3.60. The molecule has 1 aromatic carbocycles. The fraction of sp³-hybridized carbons (Fsp3) is 0. The fourth-order valence-corrected chi connectivity index (χ4v) is 1.38. The van der Waals surface area contributed by atoms with E-state index in [0.29, 0.717) is 5.56 Å². The molecule has 1 aromatic heterocycles. The van der Waals surface area contributed by atoms with E-state index in [-0.39, 0.29) is 11.4 Å². The first-order chi connectivity index (χ1) is 9.11. The third kappa shape index (κ3) is 2.72. The van der Waals surface area contributed by atoms with Crippen molar-refractivity contribution in [3.05, 3.63) is 59.4 Å². The first kappa shape index (κ1) is 12.6. The molecule has 0 aliphatic carbocycles. The zero-order valence-corrected chi connectivity index (χ0v) is 9.52. The lowest BCUT2D eigenvalue weighted by Gasteiger charge is -2.06. The highest BCUT2D eigenvalue weighted by Gasteiger charge is 2.12. The van der Waals surface area contributed by atoms with Crippen molar-refractivity contribution < 1.29 is 13.6 Å². The summed E-state index contributed by atoms with van der Waals surface area (Å²) in [4.78, 5) is 15.5. The van der Waals surface area contributed by atoms with Crippen LogP contribution in [-0.4, -0.2) is 10.9 Å². The average molecular weight is 259 g/mol. The first-order valence-corrected chi connectivity index (χ1v) is 5.23. The number of halogens is 2. The number of hydrogen-bond acceptors (Lipinski definition) is 3. The van der Waals surface area contributed by atoms with Gasteiger partial charge in [0.05, 0.1) is 11.3 Å². The monoisotopic (exact) mass is 259 g/mol.